The van der Waals surface area contributed by atoms with Crippen molar-refractivity contribution in [1.82, 2.24) is 15.1 Å². The summed E-state index contributed by atoms with van der Waals surface area (Å²) in [6.45, 7) is 0.683. The van der Waals surface area contributed by atoms with Crippen LogP contribution in [0, 0.1) is 0 Å². The summed E-state index contributed by atoms with van der Waals surface area (Å²) >= 11 is 0. The molecule has 3 amide bonds. The van der Waals surface area contributed by atoms with Gasteiger partial charge in [-0.3, -0.25) is 4.79 Å². The van der Waals surface area contributed by atoms with Gasteiger partial charge in [-0.1, -0.05) is 48.5 Å². The number of rotatable bonds is 2. The van der Waals surface area contributed by atoms with E-state index >= 15 is 0 Å². The first-order valence-electron chi connectivity index (χ1n) is 8.54. The minimum absolute atomic E-state index is 0.0195. The predicted octanol–water partition coefficient (Wildman–Crippen LogP) is 2.63. The summed E-state index contributed by atoms with van der Waals surface area (Å²) in [6.07, 6.45) is 0.659. The van der Waals surface area contributed by atoms with Crippen LogP contribution >= 0.6 is 0 Å². The van der Waals surface area contributed by atoms with E-state index in [4.69, 9.17) is 0 Å². The maximum absolute atomic E-state index is 12.8. The van der Waals surface area contributed by atoms with Crippen molar-refractivity contribution in [2.45, 2.75) is 18.5 Å². The van der Waals surface area contributed by atoms with Crippen LogP contribution in [-0.4, -0.2) is 48.4 Å². The Balaban J connectivity index is 1.63. The van der Waals surface area contributed by atoms with Crippen LogP contribution in [0.2, 0.25) is 0 Å². The lowest BCUT2D eigenvalue weighted by Crippen LogP contribution is -2.47. The summed E-state index contributed by atoms with van der Waals surface area (Å²) in [6, 6.07) is 15.6. The van der Waals surface area contributed by atoms with E-state index in [1.54, 1.807) is 23.9 Å². The van der Waals surface area contributed by atoms with Crippen molar-refractivity contribution < 1.29 is 9.59 Å². The molecule has 1 fully saturated rings. The molecule has 2 aromatic carbocycles. The van der Waals surface area contributed by atoms with E-state index in [9.17, 15) is 9.59 Å². The second-order valence-electron chi connectivity index (χ2n) is 6.74. The minimum atomic E-state index is -0.424. The quantitative estimate of drug-likeness (QED) is 0.917. The zero-order valence-corrected chi connectivity index (χ0v) is 14.4. The Morgan fingerprint density at radius 1 is 1.08 bits per heavy atom. The fourth-order valence-corrected chi connectivity index (χ4v) is 3.87. The van der Waals surface area contributed by atoms with Gasteiger partial charge in [-0.2, -0.15) is 0 Å². The van der Waals surface area contributed by atoms with E-state index in [1.807, 2.05) is 24.3 Å². The molecule has 128 valence electrons. The van der Waals surface area contributed by atoms with Gasteiger partial charge in [0, 0.05) is 20.6 Å². The van der Waals surface area contributed by atoms with Gasteiger partial charge < -0.3 is 15.1 Å². The maximum Gasteiger partial charge on any atom is 0.318 e. The molecule has 0 radical (unpaired) electrons. The van der Waals surface area contributed by atoms with Crippen molar-refractivity contribution >= 4 is 11.9 Å². The van der Waals surface area contributed by atoms with Gasteiger partial charge >= 0.3 is 6.03 Å². The Hall–Kier alpha value is -2.82. The smallest absolute Gasteiger partial charge is 0.318 e. The first kappa shape index (κ1) is 15.7. The Bertz CT molecular complexity index is 803. The van der Waals surface area contributed by atoms with E-state index in [-0.39, 0.29) is 18.0 Å². The van der Waals surface area contributed by atoms with E-state index in [0.29, 0.717) is 13.0 Å². The molecular weight excluding hydrogens is 314 g/mol. The molecule has 2 aromatic rings. The van der Waals surface area contributed by atoms with Crippen molar-refractivity contribution in [3.05, 3.63) is 59.7 Å². The van der Waals surface area contributed by atoms with Gasteiger partial charge in [-0.25, -0.2) is 4.79 Å². The highest BCUT2D eigenvalue weighted by Gasteiger charge is 2.36. The molecule has 2 aliphatic rings. The molecule has 1 aliphatic heterocycles. The fraction of sp³-hybridized carbons (Fsp3) is 0.300. The van der Waals surface area contributed by atoms with Crippen LogP contribution in [0.3, 0.4) is 0 Å². The number of hydrogen-bond acceptors (Lipinski definition) is 2. The highest BCUT2D eigenvalue weighted by molar-refractivity contribution is 5.89. The van der Waals surface area contributed by atoms with Crippen molar-refractivity contribution in [1.29, 1.82) is 0 Å². The first-order chi connectivity index (χ1) is 12.1. The van der Waals surface area contributed by atoms with Gasteiger partial charge in [0.25, 0.3) is 0 Å². The molecule has 0 bridgehead atoms. The second-order valence-corrected chi connectivity index (χ2v) is 6.74. The molecule has 5 heteroatoms. The zero-order chi connectivity index (χ0) is 17.6. The van der Waals surface area contributed by atoms with Crippen LogP contribution < -0.4 is 5.32 Å². The summed E-state index contributed by atoms with van der Waals surface area (Å²) in [4.78, 5) is 28.2. The molecule has 4 rings (SSSR count). The third-order valence-electron chi connectivity index (χ3n) is 5.23. The lowest BCUT2D eigenvalue weighted by atomic mass is 10.0. The largest absolute Gasteiger partial charge is 0.344 e. The van der Waals surface area contributed by atoms with Gasteiger partial charge in [-0.05, 0) is 28.7 Å². The molecule has 1 saturated heterocycles. The highest BCUT2D eigenvalue weighted by atomic mass is 16.2. The molecule has 0 saturated carbocycles. The molecular formula is C20H21N3O2. The monoisotopic (exact) mass is 335 g/mol. The predicted molar refractivity (Wildman–Crippen MR) is 96.1 cm³/mol. The number of nitrogens with zero attached hydrogens (tertiary/aromatic N) is 2. The number of nitrogens with one attached hydrogen (secondary N) is 1. The molecule has 0 spiro atoms. The number of carbonyl (C=O) groups excluding carboxylic acids is 2. The average Bonchev–Trinajstić information content (AvgIpc) is 3.13. The van der Waals surface area contributed by atoms with Gasteiger partial charge in [-0.15, -0.1) is 0 Å². The lowest BCUT2D eigenvalue weighted by Gasteiger charge is -2.28. The van der Waals surface area contributed by atoms with Gasteiger partial charge in [0.15, 0.2) is 0 Å². The third-order valence-corrected chi connectivity index (χ3v) is 5.23. The number of hydrogen-bond donors (Lipinski definition) is 1. The van der Waals surface area contributed by atoms with Gasteiger partial charge in [0.2, 0.25) is 5.91 Å². The second kappa shape index (κ2) is 5.92. The number of benzene rings is 2. The van der Waals surface area contributed by atoms with E-state index in [0.717, 1.165) is 11.1 Å². The third kappa shape index (κ3) is 2.47. The summed E-state index contributed by atoms with van der Waals surface area (Å²) in [5.41, 5.74) is 4.58. The Kier molecular flexibility index (Phi) is 3.71. The number of likely N-dealkylation sites (N-methyl/N-ethyl adjacent to an activating group) is 1. The van der Waals surface area contributed by atoms with Crippen molar-refractivity contribution in [3.63, 3.8) is 0 Å². The molecule has 1 aliphatic carbocycles. The van der Waals surface area contributed by atoms with E-state index < -0.39 is 6.04 Å². The van der Waals surface area contributed by atoms with Crippen molar-refractivity contribution in [2.24, 2.45) is 0 Å². The van der Waals surface area contributed by atoms with E-state index in [1.165, 1.54) is 11.1 Å². The average molecular weight is 335 g/mol. The molecule has 0 aromatic heterocycles. The van der Waals surface area contributed by atoms with Crippen LogP contribution in [0.15, 0.2) is 48.5 Å². The van der Waals surface area contributed by atoms with Gasteiger partial charge in [0.1, 0.15) is 6.04 Å². The van der Waals surface area contributed by atoms with Crippen molar-refractivity contribution in [2.75, 3.05) is 20.6 Å². The number of likely N-dealkylation sites (tertiary alicyclic amines) is 1. The summed E-state index contributed by atoms with van der Waals surface area (Å²) < 4.78 is 0. The van der Waals surface area contributed by atoms with Crippen molar-refractivity contribution in [3.8, 4) is 11.1 Å². The standard InChI is InChI=1S/C20H21N3O2/c1-22-12-11-17(19(22)24)21-20(25)23(2)18-15-9-5-3-7-13(15)14-8-4-6-10-16(14)18/h3-10,17-18H,11-12H2,1-2H3,(H,21,25). The summed E-state index contributed by atoms with van der Waals surface area (Å²) in [5, 5.41) is 2.89. The first-order valence-corrected chi connectivity index (χ1v) is 8.54. The summed E-state index contributed by atoms with van der Waals surface area (Å²) in [5.74, 6) is -0.0195. The molecule has 1 unspecified atom stereocenters. The molecule has 1 N–H and O–H groups in total. The fourth-order valence-electron chi connectivity index (χ4n) is 3.87. The number of fused-ring (bicyclic) bond motifs is 3. The van der Waals surface area contributed by atoms with Crippen LogP contribution in [0.1, 0.15) is 23.6 Å². The number of urea groups is 1. The van der Waals surface area contributed by atoms with Crippen LogP contribution in [0.4, 0.5) is 4.79 Å². The van der Waals surface area contributed by atoms with E-state index in [2.05, 4.69) is 29.6 Å². The molecule has 1 heterocycles. The maximum atomic E-state index is 12.8. The highest BCUT2D eigenvalue weighted by Crippen LogP contribution is 2.45. The normalized spacial score (nSPS) is 18.9. The summed E-state index contributed by atoms with van der Waals surface area (Å²) in [7, 11) is 3.56. The molecule has 1 atom stereocenters. The van der Waals surface area contributed by atoms with Crippen LogP contribution in [0.5, 0.6) is 0 Å². The Morgan fingerprint density at radius 3 is 2.16 bits per heavy atom. The van der Waals surface area contributed by atoms with Crippen LogP contribution in [-0.2, 0) is 4.79 Å². The molecule has 5 nitrogen and oxygen atoms in total. The number of carbonyl (C=O) groups is 2. The Labute approximate surface area is 147 Å². The topological polar surface area (TPSA) is 52.7 Å². The number of amides is 3. The van der Waals surface area contributed by atoms with Gasteiger partial charge in [0.05, 0.1) is 6.04 Å². The van der Waals surface area contributed by atoms with Crippen LogP contribution in [0.25, 0.3) is 11.1 Å². The zero-order valence-electron chi connectivity index (χ0n) is 14.4. The Morgan fingerprint density at radius 2 is 1.64 bits per heavy atom. The molecule has 25 heavy (non-hydrogen) atoms. The SMILES string of the molecule is CN1CCC(NC(=O)N(C)C2c3ccccc3-c3ccccc32)C1=O. The minimum Gasteiger partial charge on any atom is -0.344 e. The lowest BCUT2D eigenvalue weighted by molar-refractivity contribution is -0.128.